The second-order valence-electron chi connectivity index (χ2n) is 13.8. The molecule has 4 aromatic carbocycles. The number of aromatic hydroxyl groups is 2. The minimum atomic E-state index is -0.354. The molecular formula is C43H47FN6O4. The Bertz CT molecular complexity index is 2200. The third kappa shape index (κ3) is 9.28. The lowest BCUT2D eigenvalue weighted by Gasteiger charge is -2.14. The van der Waals surface area contributed by atoms with E-state index in [9.17, 15) is 14.6 Å². The molecule has 10 nitrogen and oxygen atoms in total. The van der Waals surface area contributed by atoms with E-state index in [0.717, 1.165) is 57.8 Å². The number of hydrogen-bond acceptors (Lipinski definition) is 8. The van der Waals surface area contributed by atoms with Gasteiger partial charge in [0.2, 0.25) is 0 Å². The van der Waals surface area contributed by atoms with Gasteiger partial charge in [0.1, 0.15) is 30.5 Å². The summed E-state index contributed by atoms with van der Waals surface area (Å²) in [4.78, 5) is 19.5. The van der Waals surface area contributed by atoms with Gasteiger partial charge in [-0.1, -0.05) is 12.1 Å². The number of hydrogen-bond donors (Lipinski definition) is 4. The highest BCUT2D eigenvalue weighted by Gasteiger charge is 2.13. The molecule has 4 N–H and O–H groups in total. The molecule has 0 radical (unpaired) electrons. The zero-order valence-corrected chi connectivity index (χ0v) is 30.6. The van der Waals surface area contributed by atoms with Crippen molar-refractivity contribution in [2.45, 2.75) is 32.6 Å². The summed E-state index contributed by atoms with van der Waals surface area (Å²) in [5.41, 5.74) is 5.38. The van der Waals surface area contributed by atoms with Crippen molar-refractivity contribution in [3.05, 3.63) is 107 Å². The fourth-order valence-corrected chi connectivity index (χ4v) is 7.01. The molecule has 0 atom stereocenters. The van der Waals surface area contributed by atoms with Crippen molar-refractivity contribution < 1.29 is 24.1 Å². The van der Waals surface area contributed by atoms with Crippen LogP contribution in [0.3, 0.4) is 0 Å². The lowest BCUT2D eigenvalue weighted by Crippen LogP contribution is -2.25. The second kappa shape index (κ2) is 17.5. The normalized spacial score (nSPS) is 15.1. The summed E-state index contributed by atoms with van der Waals surface area (Å²) in [5, 5.41) is 22.0. The average molecular weight is 731 g/mol. The summed E-state index contributed by atoms with van der Waals surface area (Å²) in [7, 11) is 0. The van der Waals surface area contributed by atoms with Crippen LogP contribution >= 0.6 is 0 Å². The Morgan fingerprint density at radius 1 is 0.667 bits per heavy atom. The van der Waals surface area contributed by atoms with Gasteiger partial charge in [0.25, 0.3) is 0 Å². The molecule has 0 amide bonds. The molecule has 2 aliphatic heterocycles. The number of nitrogens with zero attached hydrogens (tertiary/aromatic N) is 4. The number of rotatable bonds is 12. The molecule has 6 aromatic rings. The minimum absolute atomic E-state index is 0.0267. The van der Waals surface area contributed by atoms with Crippen LogP contribution in [0.1, 0.15) is 42.4 Å². The molecule has 280 valence electrons. The molecule has 4 heterocycles. The molecule has 0 unspecified atom stereocenters. The van der Waals surface area contributed by atoms with Crippen LogP contribution in [0.4, 0.5) is 15.8 Å². The minimum Gasteiger partial charge on any atom is -0.494 e. The van der Waals surface area contributed by atoms with Gasteiger partial charge < -0.3 is 29.7 Å². The van der Waals surface area contributed by atoms with E-state index in [1.54, 1.807) is 18.5 Å². The highest BCUT2D eigenvalue weighted by Crippen LogP contribution is 2.30. The van der Waals surface area contributed by atoms with Gasteiger partial charge in [0.05, 0.1) is 28.0 Å². The fourth-order valence-electron chi connectivity index (χ4n) is 7.01. The highest BCUT2D eigenvalue weighted by atomic mass is 19.1. The first-order valence-corrected chi connectivity index (χ1v) is 18.7. The molecule has 11 heteroatoms. The Morgan fingerprint density at radius 2 is 1.19 bits per heavy atom. The number of aryl methyl sites for hydroxylation is 1. The molecule has 2 aromatic heterocycles. The number of fused-ring (bicyclic) bond motifs is 2. The van der Waals surface area contributed by atoms with Gasteiger partial charge in [0, 0.05) is 41.8 Å². The Labute approximate surface area is 314 Å². The van der Waals surface area contributed by atoms with Crippen LogP contribution in [0.25, 0.3) is 21.8 Å². The van der Waals surface area contributed by atoms with Gasteiger partial charge >= 0.3 is 0 Å². The van der Waals surface area contributed by atoms with Gasteiger partial charge in [-0.05, 0) is 137 Å². The number of aliphatic imine (C=N–C) groups is 2. The fraction of sp³-hybridized carbons (Fsp3) is 0.302. The van der Waals surface area contributed by atoms with Crippen molar-refractivity contribution in [2.75, 3.05) is 52.5 Å². The molecular weight excluding hydrogens is 684 g/mol. The maximum atomic E-state index is 13.3. The van der Waals surface area contributed by atoms with Crippen molar-refractivity contribution in [2.24, 2.45) is 9.98 Å². The largest absolute Gasteiger partial charge is 0.494 e. The number of ether oxygens (including phenoxy) is 2. The molecule has 54 heavy (non-hydrogen) atoms. The van der Waals surface area contributed by atoms with E-state index in [4.69, 9.17) is 9.47 Å². The van der Waals surface area contributed by atoms with E-state index in [-0.39, 0.29) is 17.6 Å². The first-order chi connectivity index (χ1) is 26.4. The van der Waals surface area contributed by atoms with E-state index >= 15 is 0 Å². The Balaban J connectivity index is 0.000000167. The Morgan fingerprint density at radius 3 is 1.76 bits per heavy atom. The summed E-state index contributed by atoms with van der Waals surface area (Å²) in [6.07, 6.45) is 8.47. The first-order valence-electron chi connectivity index (χ1n) is 18.7. The number of halogens is 1. The maximum absolute atomic E-state index is 13.3. The summed E-state index contributed by atoms with van der Waals surface area (Å²) in [6, 6.07) is 25.5. The molecule has 0 spiro atoms. The van der Waals surface area contributed by atoms with Gasteiger partial charge in [-0.25, -0.2) is 4.39 Å². The van der Waals surface area contributed by atoms with E-state index in [1.165, 1.54) is 64.0 Å². The summed E-state index contributed by atoms with van der Waals surface area (Å²) in [6.45, 7) is 10.1. The van der Waals surface area contributed by atoms with Gasteiger partial charge in [-0.3, -0.25) is 19.8 Å². The number of aromatic amines is 2. The molecule has 0 aliphatic carbocycles. The van der Waals surface area contributed by atoms with E-state index in [0.29, 0.717) is 29.9 Å². The van der Waals surface area contributed by atoms with Crippen molar-refractivity contribution >= 4 is 45.6 Å². The molecule has 2 aliphatic rings. The van der Waals surface area contributed by atoms with Crippen LogP contribution in [-0.4, -0.2) is 94.9 Å². The number of aromatic nitrogens is 2. The average Bonchev–Trinajstić information content (AvgIpc) is 4.00. The highest BCUT2D eigenvalue weighted by molar-refractivity contribution is 6.04. The smallest absolute Gasteiger partial charge is 0.198 e. The number of nitrogens with one attached hydrogen (secondary N) is 2. The number of likely N-dealkylation sites (tertiary alicyclic amines) is 2. The second-order valence-corrected chi connectivity index (χ2v) is 13.8. The quantitative estimate of drug-likeness (QED) is 0.0936. The topological polar surface area (TPSA) is 122 Å². The predicted molar refractivity (Wildman–Crippen MR) is 214 cm³/mol. The number of H-pyrrole nitrogens is 2. The van der Waals surface area contributed by atoms with E-state index < -0.39 is 0 Å². The predicted octanol–water partition coefficient (Wildman–Crippen LogP) is 8.64. The summed E-state index contributed by atoms with van der Waals surface area (Å²) < 4.78 is 24.9. The zero-order chi connectivity index (χ0) is 37.3. The Kier molecular flexibility index (Phi) is 11.9. The summed E-state index contributed by atoms with van der Waals surface area (Å²) >= 11 is 0. The molecule has 8 rings (SSSR count). The molecule has 2 fully saturated rings. The molecule has 0 saturated carbocycles. The van der Waals surface area contributed by atoms with Gasteiger partial charge in [-0.2, -0.15) is 0 Å². The summed E-state index contributed by atoms with van der Waals surface area (Å²) in [5.74, 6) is 1.44. The van der Waals surface area contributed by atoms with Crippen LogP contribution in [0.5, 0.6) is 23.3 Å². The Hall–Kier alpha value is -5.65. The zero-order valence-electron chi connectivity index (χ0n) is 30.6. The van der Waals surface area contributed by atoms with E-state index in [2.05, 4.69) is 29.8 Å². The van der Waals surface area contributed by atoms with Crippen molar-refractivity contribution in [3.63, 3.8) is 0 Å². The van der Waals surface area contributed by atoms with Crippen molar-refractivity contribution in [1.29, 1.82) is 0 Å². The molecule has 0 bridgehead atoms. The first kappa shape index (κ1) is 36.7. The van der Waals surface area contributed by atoms with Crippen LogP contribution in [0, 0.1) is 12.7 Å². The lowest BCUT2D eigenvalue weighted by molar-refractivity contribution is 0.237. The van der Waals surface area contributed by atoms with Crippen molar-refractivity contribution in [1.82, 2.24) is 19.8 Å². The lowest BCUT2D eigenvalue weighted by atomic mass is 10.1. The standard InChI is InChI=1S/C22H25N3O2.C21H22FN3O2/c1-16-5-4-6-20-21(16)19(22(26)24-20)15-23-17-7-9-18(10-8-17)27-14-13-25-11-2-3-12-25;22-15-3-8-18-19(21(26)24-20(18)13-15)14-23-16-4-6-17(7-5-16)27-12-11-25-9-1-2-10-25/h4-10,15,24,26H,2-3,11-14H2,1H3;3-8,13-14,24,26H,1-2,9-12H2. The molecule has 2 saturated heterocycles. The van der Waals surface area contributed by atoms with Crippen molar-refractivity contribution in [3.8, 4) is 23.3 Å². The van der Waals surface area contributed by atoms with Gasteiger partial charge in [0.15, 0.2) is 11.8 Å². The van der Waals surface area contributed by atoms with E-state index in [1.807, 2.05) is 73.7 Å². The van der Waals surface area contributed by atoms with Crippen LogP contribution in [-0.2, 0) is 0 Å². The monoisotopic (exact) mass is 730 g/mol. The van der Waals surface area contributed by atoms with Crippen LogP contribution < -0.4 is 9.47 Å². The third-order valence-corrected chi connectivity index (χ3v) is 9.94. The van der Waals surface area contributed by atoms with Crippen LogP contribution in [0.15, 0.2) is 94.9 Å². The number of benzene rings is 4. The maximum Gasteiger partial charge on any atom is 0.198 e. The van der Waals surface area contributed by atoms with Crippen LogP contribution in [0.2, 0.25) is 0 Å². The SMILES string of the molecule is Cc1cccc2[nH]c(O)c(C=Nc3ccc(OCCN4CCCC4)cc3)c12.Oc1[nH]c2cc(F)ccc2c1C=Nc1ccc(OCCN2CCCC2)cc1. The third-order valence-electron chi connectivity index (χ3n) is 9.94. The van der Waals surface area contributed by atoms with Gasteiger partial charge in [-0.15, -0.1) is 0 Å².